The molecule has 0 aliphatic rings. The number of rotatable bonds is 4. The van der Waals surface area contributed by atoms with Gasteiger partial charge in [0.2, 0.25) is 0 Å². The number of hydrogen-bond acceptors (Lipinski definition) is 2. The fourth-order valence-electron chi connectivity index (χ4n) is 2.24. The fraction of sp³-hybridized carbons (Fsp3) is 0.333. The number of H-pyrrole nitrogens is 1. The Hall–Kier alpha value is -2.28. The zero-order chi connectivity index (χ0) is 13.8. The summed E-state index contributed by atoms with van der Waals surface area (Å²) in [6, 6.07) is 7.74. The summed E-state index contributed by atoms with van der Waals surface area (Å²) in [5.41, 5.74) is 2.56. The smallest absolute Gasteiger partial charge is 0.253 e. The van der Waals surface area contributed by atoms with Crippen molar-refractivity contribution in [2.24, 2.45) is 0 Å². The number of carbonyl (C=O) groups is 1. The lowest BCUT2D eigenvalue weighted by atomic mass is 10.1. The number of benzene rings is 1. The van der Waals surface area contributed by atoms with Crippen molar-refractivity contribution in [1.29, 1.82) is 5.26 Å². The molecule has 0 atom stereocenters. The zero-order valence-corrected chi connectivity index (χ0v) is 11.2. The maximum absolute atomic E-state index is 12.2. The highest BCUT2D eigenvalue weighted by molar-refractivity contribution is 5.98. The van der Waals surface area contributed by atoms with E-state index in [9.17, 15) is 4.79 Å². The molecule has 1 N–H and O–H groups in total. The molecule has 0 fully saturated rings. The summed E-state index contributed by atoms with van der Waals surface area (Å²) in [7, 11) is 0. The predicted molar refractivity (Wildman–Crippen MR) is 74.9 cm³/mol. The molecule has 0 radical (unpaired) electrons. The molecule has 0 bridgehead atoms. The van der Waals surface area contributed by atoms with Gasteiger partial charge in [-0.05, 0) is 31.5 Å². The SMILES string of the molecule is CCN(CC)C(=O)c1ccc2c(CC#N)c[nH]c2c1. The number of carbonyl (C=O) groups excluding carboxylic acids is 1. The highest BCUT2D eigenvalue weighted by atomic mass is 16.2. The summed E-state index contributed by atoms with van der Waals surface area (Å²) < 4.78 is 0. The van der Waals surface area contributed by atoms with E-state index in [1.165, 1.54) is 0 Å². The van der Waals surface area contributed by atoms with Crippen LogP contribution in [-0.4, -0.2) is 28.9 Å². The first-order valence-electron chi connectivity index (χ1n) is 6.47. The molecule has 0 spiro atoms. The minimum atomic E-state index is 0.0448. The summed E-state index contributed by atoms with van der Waals surface area (Å²) in [5.74, 6) is 0.0448. The number of hydrogen-bond donors (Lipinski definition) is 1. The molecular formula is C15H17N3O. The van der Waals surface area contributed by atoms with E-state index in [1.807, 2.05) is 38.2 Å². The topological polar surface area (TPSA) is 59.9 Å². The standard InChI is InChI=1S/C15H17N3O/c1-3-18(4-2)15(19)11-5-6-13-12(7-8-16)10-17-14(13)9-11/h5-6,9-10,17H,3-4,7H2,1-2H3. The number of nitrogens with zero attached hydrogens (tertiary/aromatic N) is 2. The third-order valence-corrected chi connectivity index (χ3v) is 3.33. The first-order valence-corrected chi connectivity index (χ1v) is 6.47. The second-order valence-corrected chi connectivity index (χ2v) is 4.39. The molecule has 1 amide bonds. The van der Waals surface area contributed by atoms with Crippen molar-refractivity contribution in [3.05, 3.63) is 35.5 Å². The maximum Gasteiger partial charge on any atom is 0.253 e. The second kappa shape index (κ2) is 5.57. The van der Waals surface area contributed by atoms with Gasteiger partial charge in [-0.1, -0.05) is 6.07 Å². The highest BCUT2D eigenvalue weighted by Crippen LogP contribution is 2.20. The van der Waals surface area contributed by atoms with Crippen LogP contribution in [0.5, 0.6) is 0 Å². The minimum Gasteiger partial charge on any atom is -0.361 e. The van der Waals surface area contributed by atoms with Gasteiger partial charge in [0.15, 0.2) is 0 Å². The van der Waals surface area contributed by atoms with Crippen molar-refractivity contribution in [1.82, 2.24) is 9.88 Å². The van der Waals surface area contributed by atoms with Crippen LogP contribution in [0.4, 0.5) is 0 Å². The Kier molecular flexibility index (Phi) is 3.86. The van der Waals surface area contributed by atoms with Crippen LogP contribution < -0.4 is 0 Å². The van der Waals surface area contributed by atoms with E-state index < -0.39 is 0 Å². The van der Waals surface area contributed by atoms with Gasteiger partial charge in [-0.25, -0.2) is 0 Å². The Bertz CT molecular complexity index is 632. The van der Waals surface area contributed by atoms with Crippen molar-refractivity contribution >= 4 is 16.8 Å². The Morgan fingerprint density at radius 2 is 2.11 bits per heavy atom. The lowest BCUT2D eigenvalue weighted by Crippen LogP contribution is -2.30. The van der Waals surface area contributed by atoms with E-state index in [2.05, 4.69) is 11.1 Å². The number of aromatic nitrogens is 1. The van der Waals surface area contributed by atoms with Crippen LogP contribution >= 0.6 is 0 Å². The van der Waals surface area contributed by atoms with Crippen LogP contribution in [0.2, 0.25) is 0 Å². The molecule has 1 aromatic carbocycles. The quantitative estimate of drug-likeness (QED) is 0.913. The molecule has 4 nitrogen and oxygen atoms in total. The molecule has 98 valence electrons. The molecule has 4 heteroatoms. The zero-order valence-electron chi connectivity index (χ0n) is 11.2. The van der Waals surface area contributed by atoms with E-state index in [0.29, 0.717) is 25.1 Å². The third-order valence-electron chi connectivity index (χ3n) is 3.33. The predicted octanol–water partition coefficient (Wildman–Crippen LogP) is 2.72. The van der Waals surface area contributed by atoms with Crippen molar-refractivity contribution in [3.8, 4) is 6.07 Å². The van der Waals surface area contributed by atoms with E-state index in [-0.39, 0.29) is 5.91 Å². The normalized spacial score (nSPS) is 10.4. The number of nitriles is 1. The minimum absolute atomic E-state index is 0.0448. The van der Waals surface area contributed by atoms with Crippen LogP contribution in [0.3, 0.4) is 0 Å². The molecule has 0 unspecified atom stereocenters. The average Bonchev–Trinajstić information content (AvgIpc) is 2.83. The summed E-state index contributed by atoms with van der Waals surface area (Å²) >= 11 is 0. The summed E-state index contributed by atoms with van der Waals surface area (Å²) in [6.45, 7) is 5.36. The van der Waals surface area contributed by atoms with Gasteiger partial charge in [0.1, 0.15) is 0 Å². The van der Waals surface area contributed by atoms with Crippen molar-refractivity contribution in [3.63, 3.8) is 0 Å². The van der Waals surface area contributed by atoms with Crippen molar-refractivity contribution in [2.75, 3.05) is 13.1 Å². The van der Waals surface area contributed by atoms with Crippen LogP contribution in [0.15, 0.2) is 24.4 Å². The van der Waals surface area contributed by atoms with Gasteiger partial charge in [0.05, 0.1) is 12.5 Å². The number of aromatic amines is 1. The number of fused-ring (bicyclic) bond motifs is 1. The Morgan fingerprint density at radius 3 is 2.74 bits per heavy atom. The average molecular weight is 255 g/mol. The van der Waals surface area contributed by atoms with Gasteiger partial charge >= 0.3 is 0 Å². The molecule has 0 aliphatic carbocycles. The third kappa shape index (κ3) is 2.45. The van der Waals surface area contributed by atoms with Crippen LogP contribution in [0.1, 0.15) is 29.8 Å². The second-order valence-electron chi connectivity index (χ2n) is 4.39. The van der Waals surface area contributed by atoms with Crippen molar-refractivity contribution in [2.45, 2.75) is 20.3 Å². The summed E-state index contributed by atoms with van der Waals surface area (Å²) in [5, 5.41) is 9.76. The van der Waals surface area contributed by atoms with E-state index in [4.69, 9.17) is 5.26 Å². The molecule has 1 aromatic heterocycles. The van der Waals surface area contributed by atoms with Crippen LogP contribution in [-0.2, 0) is 6.42 Å². The summed E-state index contributed by atoms with van der Waals surface area (Å²) in [6.07, 6.45) is 2.21. The van der Waals surface area contributed by atoms with Gasteiger partial charge in [-0.2, -0.15) is 5.26 Å². The van der Waals surface area contributed by atoms with Crippen LogP contribution in [0, 0.1) is 11.3 Å². The van der Waals surface area contributed by atoms with Crippen molar-refractivity contribution < 1.29 is 4.79 Å². The maximum atomic E-state index is 12.2. The fourth-order valence-corrected chi connectivity index (χ4v) is 2.24. The lowest BCUT2D eigenvalue weighted by molar-refractivity contribution is 0.0773. The van der Waals surface area contributed by atoms with Gasteiger partial charge < -0.3 is 9.88 Å². The van der Waals surface area contributed by atoms with Gasteiger partial charge in [-0.3, -0.25) is 4.79 Å². The lowest BCUT2D eigenvalue weighted by Gasteiger charge is -2.18. The van der Waals surface area contributed by atoms with Gasteiger partial charge in [0.25, 0.3) is 5.91 Å². The largest absolute Gasteiger partial charge is 0.361 e. The highest BCUT2D eigenvalue weighted by Gasteiger charge is 2.13. The van der Waals surface area contributed by atoms with E-state index in [0.717, 1.165) is 16.5 Å². The van der Waals surface area contributed by atoms with Crippen LogP contribution in [0.25, 0.3) is 10.9 Å². The Balaban J connectivity index is 2.38. The van der Waals surface area contributed by atoms with E-state index in [1.54, 1.807) is 4.90 Å². The van der Waals surface area contributed by atoms with E-state index >= 15 is 0 Å². The summed E-state index contributed by atoms with van der Waals surface area (Å²) in [4.78, 5) is 17.2. The molecule has 19 heavy (non-hydrogen) atoms. The Labute approximate surface area is 112 Å². The Morgan fingerprint density at radius 1 is 1.37 bits per heavy atom. The monoisotopic (exact) mass is 255 g/mol. The molecule has 0 aliphatic heterocycles. The number of amides is 1. The molecule has 2 aromatic rings. The molecular weight excluding hydrogens is 238 g/mol. The number of nitrogens with one attached hydrogen (secondary N) is 1. The first kappa shape index (κ1) is 13.2. The van der Waals surface area contributed by atoms with Gasteiger partial charge in [-0.15, -0.1) is 0 Å². The molecule has 0 saturated carbocycles. The first-order chi connectivity index (χ1) is 9.21. The molecule has 2 rings (SSSR count). The molecule has 0 saturated heterocycles. The molecule has 1 heterocycles. The van der Waals surface area contributed by atoms with Gasteiger partial charge in [0, 0.05) is 35.8 Å².